The van der Waals surface area contributed by atoms with Gasteiger partial charge in [0.05, 0.1) is 5.56 Å². The molecule has 9 heteroatoms. The van der Waals surface area contributed by atoms with E-state index in [2.05, 4.69) is 10.6 Å². The lowest BCUT2D eigenvalue weighted by molar-refractivity contribution is -0.131. The number of thioether (sulfide) groups is 1. The third-order valence-corrected chi connectivity index (χ3v) is 5.81. The summed E-state index contributed by atoms with van der Waals surface area (Å²) in [6, 6.07) is 4.92. The maximum atomic E-state index is 12.5. The van der Waals surface area contributed by atoms with Crippen LogP contribution >= 0.6 is 11.8 Å². The van der Waals surface area contributed by atoms with Crippen LogP contribution in [0.15, 0.2) is 28.6 Å². The molecule has 1 atom stereocenters. The summed E-state index contributed by atoms with van der Waals surface area (Å²) in [7, 11) is -3.33. The molecule has 124 valence electrons. The average Bonchev–Trinajstić information content (AvgIpc) is 2.86. The van der Waals surface area contributed by atoms with Crippen molar-refractivity contribution in [3.63, 3.8) is 0 Å². The van der Waals surface area contributed by atoms with Crippen LogP contribution in [0.2, 0.25) is 0 Å². The Morgan fingerprint density at radius 1 is 1.35 bits per heavy atom. The summed E-state index contributed by atoms with van der Waals surface area (Å²) >= 11 is 0.989. The zero-order valence-corrected chi connectivity index (χ0v) is 14.4. The van der Waals surface area contributed by atoms with Crippen LogP contribution in [0, 0.1) is 6.92 Å². The smallest absolute Gasteiger partial charge is 0.308 e. The fraction of sp³-hybridized carbons (Fsp3) is 0.286. The number of hydrogen-bond acceptors (Lipinski definition) is 7. The maximum absolute atomic E-state index is 12.5. The fourth-order valence-corrected chi connectivity index (χ4v) is 3.90. The summed E-state index contributed by atoms with van der Waals surface area (Å²) in [4.78, 5) is 23.6. The van der Waals surface area contributed by atoms with Gasteiger partial charge in [0.15, 0.2) is 15.3 Å². The SMILES string of the molecule is CC(=O)Oc1cccc(C)c1C(=O)NC1NC=C(S(C)(=O)=O)S1. The van der Waals surface area contributed by atoms with Crippen molar-refractivity contribution in [2.24, 2.45) is 0 Å². The van der Waals surface area contributed by atoms with Crippen molar-refractivity contribution in [3.05, 3.63) is 39.8 Å². The van der Waals surface area contributed by atoms with Gasteiger partial charge >= 0.3 is 5.97 Å². The molecule has 2 N–H and O–H groups in total. The Bertz CT molecular complexity index is 786. The van der Waals surface area contributed by atoms with Gasteiger partial charge in [0.2, 0.25) is 0 Å². The highest BCUT2D eigenvalue weighted by Crippen LogP contribution is 2.29. The molecule has 0 aromatic heterocycles. The van der Waals surface area contributed by atoms with E-state index in [1.807, 2.05) is 0 Å². The molecule has 1 unspecified atom stereocenters. The number of amides is 1. The third-order valence-electron chi connectivity index (χ3n) is 2.93. The van der Waals surface area contributed by atoms with E-state index in [1.54, 1.807) is 19.1 Å². The molecule has 2 rings (SSSR count). The van der Waals surface area contributed by atoms with Crippen LogP contribution in [-0.2, 0) is 14.6 Å². The molecule has 0 saturated heterocycles. The minimum absolute atomic E-state index is 0.146. The van der Waals surface area contributed by atoms with Gasteiger partial charge in [0, 0.05) is 19.4 Å². The average molecular weight is 356 g/mol. The first-order valence-electron chi connectivity index (χ1n) is 6.60. The van der Waals surface area contributed by atoms with E-state index in [4.69, 9.17) is 4.74 Å². The van der Waals surface area contributed by atoms with Gasteiger partial charge in [-0.2, -0.15) is 0 Å². The van der Waals surface area contributed by atoms with Gasteiger partial charge in [-0.05, 0) is 18.6 Å². The van der Waals surface area contributed by atoms with Gasteiger partial charge in [-0.25, -0.2) is 8.42 Å². The number of hydrogen-bond donors (Lipinski definition) is 2. The van der Waals surface area contributed by atoms with E-state index in [0.29, 0.717) is 5.56 Å². The predicted molar refractivity (Wildman–Crippen MR) is 87.4 cm³/mol. The van der Waals surface area contributed by atoms with Gasteiger partial charge in [-0.1, -0.05) is 23.9 Å². The molecular formula is C14H16N2O5S2. The van der Waals surface area contributed by atoms with Crippen LogP contribution < -0.4 is 15.4 Å². The number of benzene rings is 1. The first-order valence-corrected chi connectivity index (χ1v) is 9.37. The van der Waals surface area contributed by atoms with Gasteiger partial charge in [-0.15, -0.1) is 0 Å². The maximum Gasteiger partial charge on any atom is 0.308 e. The summed E-state index contributed by atoms with van der Waals surface area (Å²) < 4.78 is 28.1. The summed E-state index contributed by atoms with van der Waals surface area (Å²) in [6.45, 7) is 2.97. The molecule has 0 radical (unpaired) electrons. The van der Waals surface area contributed by atoms with Crippen LogP contribution in [0.25, 0.3) is 0 Å². The van der Waals surface area contributed by atoms with E-state index < -0.39 is 27.2 Å². The number of sulfone groups is 1. The molecular weight excluding hydrogens is 340 g/mol. The predicted octanol–water partition coefficient (Wildman–Crippen LogP) is 1.11. The number of carbonyl (C=O) groups is 2. The lowest BCUT2D eigenvalue weighted by Gasteiger charge is -2.16. The molecule has 1 aromatic rings. The monoisotopic (exact) mass is 356 g/mol. The normalized spacial score (nSPS) is 17.2. The lowest BCUT2D eigenvalue weighted by Crippen LogP contribution is -2.39. The quantitative estimate of drug-likeness (QED) is 0.615. The number of rotatable bonds is 4. The Labute approximate surface area is 138 Å². The van der Waals surface area contributed by atoms with Crippen molar-refractivity contribution in [3.8, 4) is 5.75 Å². The summed E-state index contributed by atoms with van der Waals surface area (Å²) in [6.07, 6.45) is 2.44. The topological polar surface area (TPSA) is 102 Å². The van der Waals surface area contributed by atoms with Crippen molar-refractivity contribution >= 4 is 33.5 Å². The Morgan fingerprint density at radius 2 is 2.04 bits per heavy atom. The number of ether oxygens (including phenoxy) is 1. The summed E-state index contributed by atoms with van der Waals surface area (Å²) in [5, 5.41) is 5.43. The number of carbonyl (C=O) groups excluding carboxylic acids is 2. The standard InChI is InChI=1S/C14H16N2O5S2/c1-8-5-4-6-10(21-9(2)17)12(8)13(18)16-14-15-7-11(22-14)23(3,19)20/h4-7,14-15H,1-3H3,(H,16,18). The second kappa shape index (κ2) is 6.63. The summed E-state index contributed by atoms with van der Waals surface area (Å²) in [5.41, 5.74) is 0.260. The van der Waals surface area contributed by atoms with E-state index >= 15 is 0 Å². The van der Waals surface area contributed by atoms with Crippen molar-refractivity contribution in [2.75, 3.05) is 6.26 Å². The molecule has 1 amide bonds. The number of aryl methyl sites for hydroxylation is 1. The van der Waals surface area contributed by atoms with Crippen LogP contribution in [0.1, 0.15) is 22.8 Å². The van der Waals surface area contributed by atoms with Crippen molar-refractivity contribution in [2.45, 2.75) is 19.3 Å². The zero-order chi connectivity index (χ0) is 17.2. The molecule has 0 saturated carbocycles. The van der Waals surface area contributed by atoms with Crippen molar-refractivity contribution in [1.82, 2.24) is 10.6 Å². The van der Waals surface area contributed by atoms with Crippen molar-refractivity contribution < 1.29 is 22.7 Å². The first kappa shape index (κ1) is 17.4. The highest BCUT2D eigenvalue weighted by molar-refractivity contribution is 8.18. The Balaban J connectivity index is 2.15. The van der Waals surface area contributed by atoms with Crippen molar-refractivity contribution in [1.29, 1.82) is 0 Å². The first-order chi connectivity index (χ1) is 10.7. The van der Waals surface area contributed by atoms with E-state index in [9.17, 15) is 18.0 Å². The molecule has 0 aliphatic carbocycles. The highest BCUT2D eigenvalue weighted by Gasteiger charge is 2.27. The molecule has 0 fully saturated rings. The van der Waals surface area contributed by atoms with Gasteiger partial charge < -0.3 is 15.4 Å². The molecule has 1 aliphatic rings. The molecule has 0 spiro atoms. The number of esters is 1. The van der Waals surface area contributed by atoms with Gasteiger partial charge in [-0.3, -0.25) is 9.59 Å². The zero-order valence-electron chi connectivity index (χ0n) is 12.7. The van der Waals surface area contributed by atoms with Gasteiger partial charge in [0.25, 0.3) is 5.91 Å². The minimum atomic E-state index is -3.33. The minimum Gasteiger partial charge on any atom is -0.426 e. The lowest BCUT2D eigenvalue weighted by atomic mass is 10.1. The molecule has 1 aliphatic heterocycles. The van der Waals surface area contributed by atoms with E-state index in [-0.39, 0.29) is 15.6 Å². The van der Waals surface area contributed by atoms with Crippen LogP contribution in [-0.4, -0.2) is 32.0 Å². The van der Waals surface area contributed by atoms with E-state index in [0.717, 1.165) is 18.0 Å². The Kier molecular flexibility index (Phi) is 5.00. The van der Waals surface area contributed by atoms with Gasteiger partial charge in [0.1, 0.15) is 9.99 Å². The highest BCUT2D eigenvalue weighted by atomic mass is 32.3. The molecule has 1 heterocycles. The molecule has 1 aromatic carbocycles. The van der Waals surface area contributed by atoms with Crippen LogP contribution in [0.3, 0.4) is 0 Å². The second-order valence-corrected chi connectivity index (χ2v) is 8.30. The Morgan fingerprint density at radius 3 is 2.61 bits per heavy atom. The molecule has 23 heavy (non-hydrogen) atoms. The van der Waals surface area contributed by atoms with E-state index in [1.165, 1.54) is 19.2 Å². The number of nitrogens with one attached hydrogen (secondary N) is 2. The molecule has 7 nitrogen and oxygen atoms in total. The molecule has 0 bridgehead atoms. The fourth-order valence-electron chi connectivity index (χ4n) is 1.96. The largest absolute Gasteiger partial charge is 0.426 e. The van der Waals surface area contributed by atoms with Crippen LogP contribution in [0.4, 0.5) is 0 Å². The Hall–Kier alpha value is -2.00. The third kappa shape index (κ3) is 4.26. The van der Waals surface area contributed by atoms with Crippen LogP contribution in [0.5, 0.6) is 5.75 Å². The summed E-state index contributed by atoms with van der Waals surface area (Å²) in [5.74, 6) is -0.833. The second-order valence-electron chi connectivity index (χ2n) is 4.92.